The Labute approximate surface area is 136 Å². The molecule has 0 aliphatic carbocycles. The van der Waals surface area contributed by atoms with E-state index in [1.807, 2.05) is 0 Å². The number of halogens is 3. The molecule has 2 rings (SSSR count). The third kappa shape index (κ3) is 4.31. The van der Waals surface area contributed by atoms with Crippen LogP contribution in [0.2, 0.25) is 5.02 Å². The summed E-state index contributed by atoms with van der Waals surface area (Å²) in [5.74, 6) is -1.05. The van der Waals surface area contributed by atoms with Gasteiger partial charge in [0.1, 0.15) is 5.82 Å². The summed E-state index contributed by atoms with van der Waals surface area (Å²) in [5.41, 5.74) is 0.0349. The van der Waals surface area contributed by atoms with Crippen LogP contribution in [0.15, 0.2) is 18.2 Å². The van der Waals surface area contributed by atoms with E-state index in [0.29, 0.717) is 6.54 Å². The number of nitrogens with one attached hydrogen (secondary N) is 2. The van der Waals surface area contributed by atoms with Crippen LogP contribution in [0.25, 0.3) is 0 Å². The number of amides is 1. The summed E-state index contributed by atoms with van der Waals surface area (Å²) in [6.07, 6.45) is 2.25. The minimum Gasteiger partial charge on any atom is -0.350 e. The highest BCUT2D eigenvalue weighted by atomic mass is 35.5. The second kappa shape index (κ2) is 7.43. The lowest BCUT2D eigenvalue weighted by Crippen LogP contribution is -2.52. The average Bonchev–Trinajstić information content (AvgIpc) is 2.36. The zero-order valence-corrected chi connectivity index (χ0v) is 13.8. The molecule has 1 aliphatic heterocycles. The first-order valence-corrected chi connectivity index (χ1v) is 7.25. The van der Waals surface area contributed by atoms with Crippen LogP contribution in [0.5, 0.6) is 0 Å². The Morgan fingerprint density at radius 1 is 1.52 bits per heavy atom. The van der Waals surface area contributed by atoms with Crippen molar-refractivity contribution < 1.29 is 9.18 Å². The summed E-state index contributed by atoms with van der Waals surface area (Å²) in [6, 6.07) is 4.43. The monoisotopic (exact) mass is 334 g/mol. The quantitative estimate of drug-likeness (QED) is 0.889. The van der Waals surface area contributed by atoms with E-state index in [1.165, 1.54) is 18.2 Å². The van der Waals surface area contributed by atoms with Crippen LogP contribution in [-0.4, -0.2) is 25.0 Å². The minimum absolute atomic E-state index is 0. The largest absolute Gasteiger partial charge is 0.350 e. The standard InChI is InChI=1S/C15H20ClFN2O.ClH/c1-15(2)7-4-8-18-12(15)9-19-14(20)13-10(16)5-3-6-11(13)17;/h3,5-6,12,18H,4,7-9H2,1-2H3,(H,19,20);1H. The van der Waals surface area contributed by atoms with Crippen molar-refractivity contribution in [2.24, 2.45) is 5.41 Å². The third-order valence-electron chi connectivity index (χ3n) is 3.99. The van der Waals surface area contributed by atoms with Gasteiger partial charge < -0.3 is 10.6 Å². The highest BCUT2D eigenvalue weighted by Gasteiger charge is 2.32. The Balaban J connectivity index is 0.00000220. The molecule has 2 N–H and O–H groups in total. The SMILES string of the molecule is CC1(C)CCCNC1CNC(=O)c1c(F)cccc1Cl.Cl. The number of hydrogen-bond donors (Lipinski definition) is 2. The number of rotatable bonds is 3. The lowest BCUT2D eigenvalue weighted by Gasteiger charge is -2.39. The predicted octanol–water partition coefficient (Wildman–Crippen LogP) is 3.41. The van der Waals surface area contributed by atoms with Gasteiger partial charge in [0.25, 0.3) is 5.91 Å². The van der Waals surface area contributed by atoms with Gasteiger partial charge in [-0.2, -0.15) is 0 Å². The molecule has 3 nitrogen and oxygen atoms in total. The van der Waals surface area contributed by atoms with E-state index in [2.05, 4.69) is 24.5 Å². The van der Waals surface area contributed by atoms with Gasteiger partial charge in [0.05, 0.1) is 10.6 Å². The molecule has 1 amide bonds. The molecule has 1 aromatic rings. The summed E-state index contributed by atoms with van der Waals surface area (Å²) in [6.45, 7) is 5.76. The van der Waals surface area contributed by atoms with Crippen molar-refractivity contribution in [2.45, 2.75) is 32.7 Å². The molecule has 0 bridgehead atoms. The lowest BCUT2D eigenvalue weighted by atomic mass is 9.77. The van der Waals surface area contributed by atoms with E-state index in [4.69, 9.17) is 11.6 Å². The van der Waals surface area contributed by atoms with Crippen LogP contribution in [-0.2, 0) is 0 Å². The molecule has 0 radical (unpaired) electrons. The van der Waals surface area contributed by atoms with Crippen LogP contribution >= 0.6 is 24.0 Å². The van der Waals surface area contributed by atoms with Gasteiger partial charge in [-0.1, -0.05) is 31.5 Å². The Morgan fingerprint density at radius 3 is 2.86 bits per heavy atom. The van der Waals surface area contributed by atoms with Crippen molar-refractivity contribution in [1.29, 1.82) is 0 Å². The topological polar surface area (TPSA) is 41.1 Å². The maximum Gasteiger partial charge on any atom is 0.255 e. The van der Waals surface area contributed by atoms with Gasteiger partial charge in [-0.25, -0.2) is 4.39 Å². The summed E-state index contributed by atoms with van der Waals surface area (Å²) in [7, 11) is 0. The van der Waals surface area contributed by atoms with Gasteiger partial charge >= 0.3 is 0 Å². The van der Waals surface area contributed by atoms with Crippen molar-refractivity contribution in [3.8, 4) is 0 Å². The number of piperidine rings is 1. The van der Waals surface area contributed by atoms with Crippen LogP contribution in [0.3, 0.4) is 0 Å². The van der Waals surface area contributed by atoms with E-state index in [-0.39, 0.29) is 34.4 Å². The number of carbonyl (C=O) groups is 1. The molecule has 6 heteroatoms. The summed E-state index contributed by atoms with van der Waals surface area (Å²) < 4.78 is 13.7. The minimum atomic E-state index is -0.592. The highest BCUT2D eigenvalue weighted by Crippen LogP contribution is 2.29. The van der Waals surface area contributed by atoms with E-state index < -0.39 is 11.7 Å². The fourth-order valence-electron chi connectivity index (χ4n) is 2.62. The first-order chi connectivity index (χ1) is 9.42. The van der Waals surface area contributed by atoms with Crippen LogP contribution < -0.4 is 10.6 Å². The van der Waals surface area contributed by atoms with Crippen molar-refractivity contribution >= 4 is 29.9 Å². The molecule has 1 aliphatic rings. The first kappa shape index (κ1) is 18.2. The van der Waals surface area contributed by atoms with Crippen molar-refractivity contribution in [3.05, 3.63) is 34.6 Å². The number of benzene rings is 1. The molecule has 1 unspecified atom stereocenters. The highest BCUT2D eigenvalue weighted by molar-refractivity contribution is 6.33. The van der Waals surface area contributed by atoms with Gasteiger partial charge in [0.2, 0.25) is 0 Å². The van der Waals surface area contributed by atoms with Crippen molar-refractivity contribution in [3.63, 3.8) is 0 Å². The Kier molecular flexibility index (Phi) is 6.44. The zero-order valence-electron chi connectivity index (χ0n) is 12.2. The molecule has 118 valence electrons. The van der Waals surface area contributed by atoms with Crippen molar-refractivity contribution in [1.82, 2.24) is 10.6 Å². The second-order valence-electron chi connectivity index (χ2n) is 5.91. The molecule has 1 saturated heterocycles. The molecule has 1 heterocycles. The normalized spacial score (nSPS) is 20.5. The fraction of sp³-hybridized carbons (Fsp3) is 0.533. The molecular formula is C15H21Cl2FN2O. The van der Waals surface area contributed by atoms with E-state index in [9.17, 15) is 9.18 Å². The first-order valence-electron chi connectivity index (χ1n) is 6.87. The van der Waals surface area contributed by atoms with Gasteiger partial charge in [-0.05, 0) is 36.9 Å². The molecule has 21 heavy (non-hydrogen) atoms. The summed E-state index contributed by atoms with van der Waals surface area (Å²) in [5, 5.41) is 6.32. The second-order valence-corrected chi connectivity index (χ2v) is 6.31. The molecule has 1 aromatic carbocycles. The summed E-state index contributed by atoms with van der Waals surface area (Å²) in [4.78, 5) is 12.1. The smallest absolute Gasteiger partial charge is 0.255 e. The molecule has 0 saturated carbocycles. The zero-order chi connectivity index (χ0) is 14.8. The van der Waals surface area contributed by atoms with Crippen LogP contribution in [0.1, 0.15) is 37.0 Å². The third-order valence-corrected chi connectivity index (χ3v) is 4.30. The van der Waals surface area contributed by atoms with Gasteiger partial charge in [-0.3, -0.25) is 4.79 Å². The maximum absolute atomic E-state index is 13.7. The Hall–Kier alpha value is -0.840. The van der Waals surface area contributed by atoms with E-state index in [1.54, 1.807) is 0 Å². The predicted molar refractivity (Wildman–Crippen MR) is 85.8 cm³/mol. The summed E-state index contributed by atoms with van der Waals surface area (Å²) >= 11 is 5.89. The lowest BCUT2D eigenvalue weighted by molar-refractivity contribution is 0.0925. The van der Waals surface area contributed by atoms with Crippen LogP contribution in [0.4, 0.5) is 4.39 Å². The number of carbonyl (C=O) groups excluding carboxylic acids is 1. The Morgan fingerprint density at radius 2 is 2.24 bits per heavy atom. The molecular weight excluding hydrogens is 314 g/mol. The molecule has 1 atom stereocenters. The van der Waals surface area contributed by atoms with Gasteiger partial charge in [-0.15, -0.1) is 12.4 Å². The van der Waals surface area contributed by atoms with E-state index in [0.717, 1.165) is 19.4 Å². The average molecular weight is 335 g/mol. The van der Waals surface area contributed by atoms with Crippen molar-refractivity contribution in [2.75, 3.05) is 13.1 Å². The molecule has 0 aromatic heterocycles. The van der Waals surface area contributed by atoms with E-state index >= 15 is 0 Å². The van der Waals surface area contributed by atoms with Crippen LogP contribution in [0, 0.1) is 11.2 Å². The van der Waals surface area contributed by atoms with Gasteiger partial charge in [0, 0.05) is 12.6 Å². The number of hydrogen-bond acceptors (Lipinski definition) is 2. The molecule has 1 fully saturated rings. The maximum atomic E-state index is 13.7. The van der Waals surface area contributed by atoms with Gasteiger partial charge in [0.15, 0.2) is 0 Å². The Bertz CT molecular complexity index is 488. The fourth-order valence-corrected chi connectivity index (χ4v) is 2.87. The molecule has 0 spiro atoms.